The molecule has 0 bridgehead atoms. The van der Waals surface area contributed by atoms with Crippen LogP contribution in [-0.2, 0) is 4.74 Å². The van der Waals surface area contributed by atoms with Gasteiger partial charge in [0.2, 0.25) is 0 Å². The molecular formula is C14H29IN4O2S. The van der Waals surface area contributed by atoms with Gasteiger partial charge in [0.1, 0.15) is 5.60 Å². The van der Waals surface area contributed by atoms with Crippen LogP contribution in [0, 0.1) is 0 Å². The van der Waals surface area contributed by atoms with Gasteiger partial charge in [-0.3, -0.25) is 4.99 Å². The van der Waals surface area contributed by atoms with Crippen LogP contribution < -0.4 is 10.6 Å². The molecule has 8 heteroatoms. The van der Waals surface area contributed by atoms with Crippen LogP contribution in [0.25, 0.3) is 0 Å². The van der Waals surface area contributed by atoms with Crippen molar-refractivity contribution in [2.45, 2.75) is 39.3 Å². The number of amides is 1. The molecule has 0 aromatic carbocycles. The Labute approximate surface area is 155 Å². The maximum Gasteiger partial charge on any atom is 0.410 e. The Morgan fingerprint density at radius 1 is 1.41 bits per heavy atom. The highest BCUT2D eigenvalue weighted by molar-refractivity contribution is 14.0. The second-order valence-corrected chi connectivity index (χ2v) is 6.97. The molecule has 130 valence electrons. The number of hydrogen-bond donors (Lipinski definition) is 2. The summed E-state index contributed by atoms with van der Waals surface area (Å²) in [6.45, 7) is 10.6. The maximum atomic E-state index is 11.8. The second kappa shape index (κ2) is 10.4. The van der Waals surface area contributed by atoms with E-state index in [9.17, 15) is 4.79 Å². The molecule has 2 N–H and O–H groups in total. The zero-order valence-electron chi connectivity index (χ0n) is 14.1. The van der Waals surface area contributed by atoms with Crippen molar-refractivity contribution in [3.8, 4) is 0 Å². The molecule has 0 spiro atoms. The number of carbonyl (C=O) groups is 1. The molecule has 1 aliphatic rings. The Morgan fingerprint density at radius 2 is 2.05 bits per heavy atom. The average Bonchev–Trinajstić information content (AvgIpc) is 2.30. The molecule has 1 aliphatic heterocycles. The fourth-order valence-corrected chi connectivity index (χ4v) is 2.08. The van der Waals surface area contributed by atoms with E-state index in [0.717, 1.165) is 24.8 Å². The SMILES string of the molecule is CCNC(=NCCSC)NC1CN(C(=O)OC(C)(C)C)C1.I. The number of nitrogens with zero attached hydrogens (tertiary/aromatic N) is 2. The van der Waals surface area contributed by atoms with Crippen LogP contribution in [0.1, 0.15) is 27.7 Å². The van der Waals surface area contributed by atoms with E-state index in [2.05, 4.69) is 21.9 Å². The fourth-order valence-electron chi connectivity index (χ4n) is 1.81. The summed E-state index contributed by atoms with van der Waals surface area (Å²) < 4.78 is 5.33. The van der Waals surface area contributed by atoms with Crippen molar-refractivity contribution in [1.82, 2.24) is 15.5 Å². The molecule has 22 heavy (non-hydrogen) atoms. The van der Waals surface area contributed by atoms with Crippen molar-refractivity contribution < 1.29 is 9.53 Å². The van der Waals surface area contributed by atoms with Gasteiger partial charge in [-0.1, -0.05) is 0 Å². The monoisotopic (exact) mass is 444 g/mol. The first kappa shape index (κ1) is 21.6. The predicted octanol–water partition coefficient (Wildman–Crippen LogP) is 2.14. The van der Waals surface area contributed by atoms with Crippen molar-refractivity contribution in [1.29, 1.82) is 0 Å². The lowest BCUT2D eigenvalue weighted by atomic mass is 10.1. The number of guanidine groups is 1. The highest BCUT2D eigenvalue weighted by Crippen LogP contribution is 2.15. The van der Waals surface area contributed by atoms with Crippen molar-refractivity contribution in [3.05, 3.63) is 0 Å². The molecule has 1 fully saturated rings. The van der Waals surface area contributed by atoms with Crippen molar-refractivity contribution >= 4 is 47.8 Å². The van der Waals surface area contributed by atoms with Crippen LogP contribution in [0.15, 0.2) is 4.99 Å². The number of likely N-dealkylation sites (tertiary alicyclic amines) is 1. The molecule has 0 aromatic rings. The summed E-state index contributed by atoms with van der Waals surface area (Å²) in [6, 6.07) is 0.240. The van der Waals surface area contributed by atoms with E-state index in [4.69, 9.17) is 4.74 Å². The Kier molecular flexibility index (Phi) is 10.2. The number of carbonyl (C=O) groups excluding carboxylic acids is 1. The number of thioether (sulfide) groups is 1. The quantitative estimate of drug-likeness (QED) is 0.295. The molecule has 0 saturated carbocycles. The standard InChI is InChI=1S/C14H28N4O2S.HI/c1-6-15-12(16-7-8-21-5)17-11-9-18(10-11)13(19)20-14(2,3)4;/h11H,6-10H2,1-5H3,(H2,15,16,17);1H. The first-order valence-corrected chi connectivity index (χ1v) is 8.76. The summed E-state index contributed by atoms with van der Waals surface area (Å²) in [6.07, 6.45) is 1.82. The minimum atomic E-state index is -0.441. The summed E-state index contributed by atoms with van der Waals surface area (Å²) in [5.41, 5.74) is -0.441. The van der Waals surface area contributed by atoms with Gasteiger partial charge in [0.25, 0.3) is 0 Å². The van der Waals surface area contributed by atoms with Gasteiger partial charge < -0.3 is 20.3 Å². The largest absolute Gasteiger partial charge is 0.444 e. The normalized spacial score (nSPS) is 15.7. The molecule has 0 atom stereocenters. The summed E-state index contributed by atoms with van der Waals surface area (Å²) in [7, 11) is 0. The van der Waals surface area contributed by atoms with Crippen LogP contribution in [0.3, 0.4) is 0 Å². The number of aliphatic imine (C=N–C) groups is 1. The zero-order valence-corrected chi connectivity index (χ0v) is 17.3. The lowest BCUT2D eigenvalue weighted by Gasteiger charge is -2.40. The summed E-state index contributed by atoms with van der Waals surface area (Å²) >= 11 is 1.78. The third kappa shape index (κ3) is 8.30. The molecule has 6 nitrogen and oxygen atoms in total. The van der Waals surface area contributed by atoms with E-state index in [1.165, 1.54) is 0 Å². The topological polar surface area (TPSA) is 66.0 Å². The average molecular weight is 444 g/mol. The molecule has 0 unspecified atom stereocenters. The highest BCUT2D eigenvalue weighted by Gasteiger charge is 2.34. The molecular weight excluding hydrogens is 415 g/mol. The Bertz CT molecular complexity index is 368. The van der Waals surface area contributed by atoms with E-state index >= 15 is 0 Å². The first-order chi connectivity index (χ1) is 9.85. The lowest BCUT2D eigenvalue weighted by Crippen LogP contribution is -2.63. The third-order valence-corrected chi connectivity index (χ3v) is 3.37. The van der Waals surface area contributed by atoms with Crippen molar-refractivity contribution in [2.24, 2.45) is 4.99 Å². The number of rotatable bonds is 5. The van der Waals surface area contributed by atoms with Gasteiger partial charge in [-0.2, -0.15) is 11.8 Å². The highest BCUT2D eigenvalue weighted by atomic mass is 127. The van der Waals surface area contributed by atoms with Gasteiger partial charge in [-0.25, -0.2) is 4.79 Å². The van der Waals surface area contributed by atoms with E-state index in [-0.39, 0.29) is 36.1 Å². The molecule has 1 heterocycles. The summed E-state index contributed by atoms with van der Waals surface area (Å²) in [5.74, 6) is 1.83. The van der Waals surface area contributed by atoms with Crippen LogP contribution in [0.2, 0.25) is 0 Å². The van der Waals surface area contributed by atoms with Gasteiger partial charge >= 0.3 is 6.09 Å². The number of ether oxygens (including phenoxy) is 1. The van der Waals surface area contributed by atoms with Crippen LogP contribution in [-0.4, -0.2) is 66.8 Å². The van der Waals surface area contributed by atoms with E-state index in [1.54, 1.807) is 16.7 Å². The van der Waals surface area contributed by atoms with E-state index in [1.807, 2.05) is 27.7 Å². The van der Waals surface area contributed by atoms with Gasteiger partial charge in [0, 0.05) is 25.4 Å². The van der Waals surface area contributed by atoms with Crippen molar-refractivity contribution in [3.63, 3.8) is 0 Å². The van der Waals surface area contributed by atoms with Gasteiger partial charge in [0.05, 0.1) is 12.6 Å². The predicted molar refractivity (Wildman–Crippen MR) is 105 cm³/mol. The van der Waals surface area contributed by atoms with E-state index < -0.39 is 5.60 Å². The van der Waals surface area contributed by atoms with E-state index in [0.29, 0.717) is 13.1 Å². The maximum absolute atomic E-state index is 11.8. The lowest BCUT2D eigenvalue weighted by molar-refractivity contribution is 0.00701. The molecule has 0 aromatic heterocycles. The molecule has 1 saturated heterocycles. The van der Waals surface area contributed by atoms with Gasteiger partial charge in [-0.05, 0) is 34.0 Å². The Hall–Kier alpha value is -0.380. The van der Waals surface area contributed by atoms with Crippen LogP contribution >= 0.6 is 35.7 Å². The molecule has 0 aliphatic carbocycles. The Balaban J connectivity index is 0.00000441. The zero-order chi connectivity index (χ0) is 15.9. The first-order valence-electron chi connectivity index (χ1n) is 7.37. The molecule has 0 radical (unpaired) electrons. The minimum absolute atomic E-state index is 0. The van der Waals surface area contributed by atoms with Crippen molar-refractivity contribution in [2.75, 3.05) is 38.2 Å². The number of hydrogen-bond acceptors (Lipinski definition) is 4. The Morgan fingerprint density at radius 3 is 2.55 bits per heavy atom. The fraction of sp³-hybridized carbons (Fsp3) is 0.857. The van der Waals surface area contributed by atoms with Gasteiger partial charge in [-0.15, -0.1) is 24.0 Å². The number of nitrogens with one attached hydrogen (secondary N) is 2. The smallest absolute Gasteiger partial charge is 0.410 e. The van der Waals surface area contributed by atoms with Gasteiger partial charge in [0.15, 0.2) is 5.96 Å². The van der Waals surface area contributed by atoms with Crippen LogP contribution in [0.5, 0.6) is 0 Å². The molecule has 1 amide bonds. The summed E-state index contributed by atoms with van der Waals surface area (Å²) in [4.78, 5) is 18.0. The summed E-state index contributed by atoms with van der Waals surface area (Å²) in [5, 5.41) is 6.56. The minimum Gasteiger partial charge on any atom is -0.444 e. The number of halogens is 1. The van der Waals surface area contributed by atoms with Crippen LogP contribution in [0.4, 0.5) is 4.79 Å². The third-order valence-electron chi connectivity index (χ3n) is 2.78. The molecule has 1 rings (SSSR count). The second-order valence-electron chi connectivity index (χ2n) is 5.98.